The van der Waals surface area contributed by atoms with Gasteiger partial charge in [0.15, 0.2) is 18.5 Å². The number of carboxylic acid groups (broad SMARTS) is 1. The zero-order chi connectivity index (χ0) is 41.1. The summed E-state index contributed by atoms with van der Waals surface area (Å²) in [5, 5.41) is 39.7. The number of allylic oxidation sites excluding steroid dienone is 13. The Morgan fingerprint density at radius 2 is 1.11 bits per heavy atom. The Bertz CT molecular complexity index is 1250. The summed E-state index contributed by atoms with van der Waals surface area (Å²) in [4.78, 5) is 36.7. The Balaban J connectivity index is 2.50. The maximum atomic E-state index is 12.7. The van der Waals surface area contributed by atoms with E-state index in [-0.39, 0.29) is 19.4 Å². The lowest BCUT2D eigenvalue weighted by atomic mass is 9.99. The largest absolute Gasteiger partial charge is 0.479 e. The summed E-state index contributed by atoms with van der Waals surface area (Å²) in [5.74, 6) is -2.64. The average Bonchev–Trinajstić information content (AvgIpc) is 3.18. The van der Waals surface area contributed by atoms with Crippen LogP contribution >= 0.6 is 0 Å². The number of unbranched alkanes of at least 4 members (excludes halogenated alkanes) is 8. The fraction of sp³-hybridized carbons (Fsp3) is 0.622. The molecule has 11 nitrogen and oxygen atoms in total. The highest BCUT2D eigenvalue weighted by atomic mass is 16.7. The van der Waals surface area contributed by atoms with Gasteiger partial charge < -0.3 is 39.4 Å². The SMILES string of the molecule is CC/C=C\C/C=C\C/C=C\C/C=C\C/C=C\CC(=O)OCC(COC1OC(C(=O)O)C(O)C(O)C1O)OC(=O)CCCCCCC/C=C\C/C=C\CCCCC. The number of carboxylic acids is 1. The Hall–Kier alpha value is -3.61. The van der Waals surface area contributed by atoms with E-state index in [1.807, 2.05) is 18.2 Å². The van der Waals surface area contributed by atoms with Crippen molar-refractivity contribution in [1.29, 1.82) is 0 Å². The van der Waals surface area contributed by atoms with E-state index in [0.29, 0.717) is 12.8 Å². The zero-order valence-electron chi connectivity index (χ0n) is 33.8. The van der Waals surface area contributed by atoms with Gasteiger partial charge in [0.2, 0.25) is 0 Å². The number of hydrogen-bond donors (Lipinski definition) is 4. The maximum Gasteiger partial charge on any atom is 0.335 e. The monoisotopic (exact) mass is 786 g/mol. The van der Waals surface area contributed by atoms with Crippen molar-refractivity contribution in [2.24, 2.45) is 0 Å². The minimum Gasteiger partial charge on any atom is -0.479 e. The smallest absolute Gasteiger partial charge is 0.335 e. The number of carbonyl (C=O) groups excluding carboxylic acids is 2. The minimum absolute atomic E-state index is 0.00413. The van der Waals surface area contributed by atoms with Crippen LogP contribution in [0.25, 0.3) is 0 Å². The van der Waals surface area contributed by atoms with E-state index < -0.39 is 61.3 Å². The first kappa shape index (κ1) is 50.4. The molecule has 0 aromatic rings. The molecule has 11 heteroatoms. The Labute approximate surface area is 335 Å². The molecule has 316 valence electrons. The van der Waals surface area contributed by atoms with Crippen LogP contribution in [0.4, 0.5) is 0 Å². The van der Waals surface area contributed by atoms with Gasteiger partial charge in [0.25, 0.3) is 0 Å². The summed E-state index contributed by atoms with van der Waals surface area (Å²) >= 11 is 0. The third-order valence-electron chi connectivity index (χ3n) is 8.76. The molecule has 6 unspecified atom stereocenters. The highest BCUT2D eigenvalue weighted by Gasteiger charge is 2.47. The van der Waals surface area contributed by atoms with Crippen LogP contribution in [0.1, 0.15) is 129 Å². The minimum atomic E-state index is -1.88. The third-order valence-corrected chi connectivity index (χ3v) is 8.76. The van der Waals surface area contributed by atoms with Crippen molar-refractivity contribution in [2.45, 2.75) is 166 Å². The number of aliphatic hydroxyl groups is 3. The van der Waals surface area contributed by atoms with Crippen molar-refractivity contribution >= 4 is 17.9 Å². The molecule has 1 aliphatic heterocycles. The number of ether oxygens (including phenoxy) is 4. The van der Waals surface area contributed by atoms with Gasteiger partial charge in [0.05, 0.1) is 13.0 Å². The highest BCUT2D eigenvalue weighted by Crippen LogP contribution is 2.23. The van der Waals surface area contributed by atoms with E-state index in [1.54, 1.807) is 6.08 Å². The molecule has 0 aromatic heterocycles. The number of carbonyl (C=O) groups is 3. The van der Waals surface area contributed by atoms with Crippen LogP contribution < -0.4 is 0 Å². The lowest BCUT2D eigenvalue weighted by Gasteiger charge is -2.38. The van der Waals surface area contributed by atoms with Gasteiger partial charge in [-0.05, 0) is 70.6 Å². The van der Waals surface area contributed by atoms with Crippen LogP contribution in [0, 0.1) is 0 Å². The highest BCUT2D eigenvalue weighted by molar-refractivity contribution is 5.73. The fourth-order valence-electron chi connectivity index (χ4n) is 5.51. The molecular weight excluding hydrogens is 716 g/mol. The molecule has 0 aromatic carbocycles. The number of aliphatic carboxylic acids is 1. The molecule has 1 saturated heterocycles. The number of aliphatic hydroxyl groups excluding tert-OH is 3. The van der Waals surface area contributed by atoms with Crippen LogP contribution in [0.5, 0.6) is 0 Å². The van der Waals surface area contributed by atoms with Crippen LogP contribution in [0.3, 0.4) is 0 Å². The molecule has 1 rings (SSSR count). The number of hydrogen-bond acceptors (Lipinski definition) is 10. The first-order valence-electron chi connectivity index (χ1n) is 20.6. The van der Waals surface area contributed by atoms with Gasteiger partial charge in [-0.1, -0.05) is 131 Å². The van der Waals surface area contributed by atoms with Crippen molar-refractivity contribution in [3.05, 3.63) is 85.1 Å². The Kier molecular flexibility index (Phi) is 31.2. The Morgan fingerprint density at radius 3 is 1.68 bits per heavy atom. The first-order chi connectivity index (χ1) is 27.2. The van der Waals surface area contributed by atoms with Crippen molar-refractivity contribution in [2.75, 3.05) is 13.2 Å². The molecule has 56 heavy (non-hydrogen) atoms. The van der Waals surface area contributed by atoms with Gasteiger partial charge >= 0.3 is 17.9 Å². The van der Waals surface area contributed by atoms with E-state index in [4.69, 9.17) is 18.9 Å². The number of rotatable bonds is 32. The third kappa shape index (κ3) is 26.3. The summed E-state index contributed by atoms with van der Waals surface area (Å²) in [6.07, 6.45) is 35.2. The molecule has 0 spiro atoms. The van der Waals surface area contributed by atoms with E-state index in [1.165, 1.54) is 19.3 Å². The summed E-state index contributed by atoms with van der Waals surface area (Å²) < 4.78 is 21.5. The molecule has 1 aliphatic rings. The molecule has 0 bridgehead atoms. The second-order valence-corrected chi connectivity index (χ2v) is 13.8. The lowest BCUT2D eigenvalue weighted by Crippen LogP contribution is -2.60. The molecule has 1 fully saturated rings. The van der Waals surface area contributed by atoms with Gasteiger partial charge in [-0.3, -0.25) is 9.59 Å². The van der Waals surface area contributed by atoms with Gasteiger partial charge in [0.1, 0.15) is 24.9 Å². The topological polar surface area (TPSA) is 169 Å². The van der Waals surface area contributed by atoms with E-state index >= 15 is 0 Å². The predicted molar refractivity (Wildman–Crippen MR) is 220 cm³/mol. The molecule has 0 aliphatic carbocycles. The zero-order valence-corrected chi connectivity index (χ0v) is 33.8. The normalized spacial score (nSPS) is 21.2. The second kappa shape index (κ2) is 34.6. The van der Waals surface area contributed by atoms with Crippen LogP contribution in [-0.2, 0) is 33.3 Å². The van der Waals surface area contributed by atoms with Crippen LogP contribution in [-0.4, -0.2) is 88.4 Å². The van der Waals surface area contributed by atoms with E-state index in [0.717, 1.165) is 70.6 Å². The van der Waals surface area contributed by atoms with Crippen LogP contribution in [0.15, 0.2) is 85.1 Å². The predicted octanol–water partition coefficient (Wildman–Crippen LogP) is 8.31. The number of esters is 2. The van der Waals surface area contributed by atoms with Crippen molar-refractivity contribution in [3.63, 3.8) is 0 Å². The molecule has 6 atom stereocenters. The van der Waals surface area contributed by atoms with E-state index in [2.05, 4.69) is 74.6 Å². The van der Waals surface area contributed by atoms with Gasteiger partial charge in [-0.2, -0.15) is 0 Å². The molecule has 0 radical (unpaired) electrons. The molecule has 1 heterocycles. The molecular formula is C45H70O11. The maximum absolute atomic E-state index is 12.7. The van der Waals surface area contributed by atoms with Crippen molar-refractivity contribution in [3.8, 4) is 0 Å². The summed E-state index contributed by atoms with van der Waals surface area (Å²) in [5.41, 5.74) is 0. The fourth-order valence-corrected chi connectivity index (χ4v) is 5.51. The summed E-state index contributed by atoms with van der Waals surface area (Å²) in [6, 6.07) is 0. The Morgan fingerprint density at radius 1 is 0.589 bits per heavy atom. The molecule has 0 saturated carbocycles. The average molecular weight is 787 g/mol. The van der Waals surface area contributed by atoms with Crippen molar-refractivity contribution in [1.82, 2.24) is 0 Å². The van der Waals surface area contributed by atoms with Crippen LogP contribution in [0.2, 0.25) is 0 Å². The standard InChI is InChI=1S/C45H70O11/c1-3-5-7-9-11-13-15-17-19-21-23-25-27-29-31-33-38(46)53-35-37(36-54-45-42(50)40(48)41(49)43(56-45)44(51)52)55-39(47)34-32-30-28-26-24-22-20-18-16-14-12-10-8-6-4-2/h5,7,11-14,17-20,23,25,29,31,37,40-43,45,48-50H,3-4,6,8-10,15-16,21-22,24,26-28,30,32-36H2,1-2H3,(H,51,52)/b7-5-,13-11-,14-12-,19-17-,20-18-,25-23-,31-29-. The summed E-state index contributed by atoms with van der Waals surface area (Å²) in [7, 11) is 0. The molecule has 0 amide bonds. The lowest BCUT2D eigenvalue weighted by molar-refractivity contribution is -0.298. The first-order valence-corrected chi connectivity index (χ1v) is 20.6. The van der Waals surface area contributed by atoms with Gasteiger partial charge in [0, 0.05) is 6.42 Å². The molecule has 4 N–H and O–H groups in total. The van der Waals surface area contributed by atoms with Gasteiger partial charge in [-0.15, -0.1) is 0 Å². The second-order valence-electron chi connectivity index (χ2n) is 13.8. The summed E-state index contributed by atoms with van der Waals surface area (Å²) in [6.45, 7) is 3.54. The van der Waals surface area contributed by atoms with E-state index in [9.17, 15) is 34.8 Å². The van der Waals surface area contributed by atoms with Crippen molar-refractivity contribution < 1.29 is 53.8 Å². The van der Waals surface area contributed by atoms with Gasteiger partial charge in [-0.25, -0.2) is 4.79 Å². The quantitative estimate of drug-likeness (QED) is 0.0294.